The van der Waals surface area contributed by atoms with Gasteiger partial charge in [-0.05, 0) is 25.0 Å². The molecule has 27 heavy (non-hydrogen) atoms. The summed E-state index contributed by atoms with van der Waals surface area (Å²) in [4.78, 5) is 41.4. The number of nitrogens with zero attached hydrogens (tertiary/aromatic N) is 2. The number of amides is 4. The van der Waals surface area contributed by atoms with Crippen LogP contribution in [0.2, 0.25) is 0 Å². The van der Waals surface area contributed by atoms with Crippen molar-refractivity contribution in [1.82, 2.24) is 10.2 Å². The van der Waals surface area contributed by atoms with E-state index in [9.17, 15) is 22.8 Å². The SMILES string of the molecule is O=C(CCCCCN1C(=O)N=C2C=CC=CC2C1=O)NC1C=CS(=O)(=O)C1. The predicted molar refractivity (Wildman–Crippen MR) is 99.6 cm³/mol. The smallest absolute Gasteiger partial charge is 0.349 e. The molecule has 9 heteroatoms. The van der Waals surface area contributed by atoms with E-state index in [1.807, 2.05) is 0 Å². The number of carbonyl (C=O) groups is 3. The Morgan fingerprint density at radius 2 is 2.00 bits per heavy atom. The Hall–Kier alpha value is -2.55. The molecule has 2 atom stereocenters. The van der Waals surface area contributed by atoms with Crippen molar-refractivity contribution < 1.29 is 22.8 Å². The number of hydrogen-bond acceptors (Lipinski definition) is 5. The molecule has 0 saturated carbocycles. The van der Waals surface area contributed by atoms with Crippen LogP contribution in [0.1, 0.15) is 25.7 Å². The number of nitrogens with one attached hydrogen (secondary N) is 1. The van der Waals surface area contributed by atoms with E-state index < -0.39 is 27.8 Å². The first-order valence-electron chi connectivity index (χ1n) is 8.85. The third kappa shape index (κ3) is 4.79. The fraction of sp³-hybridized carbons (Fsp3) is 0.444. The summed E-state index contributed by atoms with van der Waals surface area (Å²) in [6, 6.07) is -1.01. The Morgan fingerprint density at radius 3 is 2.74 bits per heavy atom. The largest absolute Gasteiger partial charge is 0.350 e. The molecule has 0 radical (unpaired) electrons. The molecule has 0 saturated heterocycles. The van der Waals surface area contributed by atoms with E-state index in [0.717, 1.165) is 10.3 Å². The molecular formula is C18H21N3O5S. The summed E-state index contributed by atoms with van der Waals surface area (Å²) in [6.07, 6.45) is 10.5. The fourth-order valence-electron chi connectivity index (χ4n) is 3.16. The van der Waals surface area contributed by atoms with Gasteiger partial charge in [0.1, 0.15) is 0 Å². The molecule has 2 aliphatic heterocycles. The molecule has 144 valence electrons. The van der Waals surface area contributed by atoms with Gasteiger partial charge < -0.3 is 5.32 Å². The lowest BCUT2D eigenvalue weighted by molar-refractivity contribution is -0.129. The third-order valence-corrected chi connectivity index (χ3v) is 5.95. The lowest BCUT2D eigenvalue weighted by Crippen LogP contribution is -2.46. The molecule has 3 rings (SSSR count). The van der Waals surface area contributed by atoms with Crippen molar-refractivity contribution >= 4 is 33.4 Å². The fourth-order valence-corrected chi connectivity index (χ4v) is 4.40. The topological polar surface area (TPSA) is 113 Å². The van der Waals surface area contributed by atoms with E-state index >= 15 is 0 Å². The van der Waals surface area contributed by atoms with Crippen molar-refractivity contribution in [3.05, 3.63) is 35.8 Å². The maximum Gasteiger partial charge on any atom is 0.350 e. The number of urea groups is 1. The van der Waals surface area contributed by atoms with E-state index in [1.54, 1.807) is 24.3 Å². The van der Waals surface area contributed by atoms with Crippen molar-refractivity contribution in [3.63, 3.8) is 0 Å². The molecule has 0 fully saturated rings. The van der Waals surface area contributed by atoms with Crippen LogP contribution in [0.5, 0.6) is 0 Å². The molecule has 3 aliphatic rings. The Morgan fingerprint density at radius 1 is 1.19 bits per heavy atom. The molecule has 0 aromatic heterocycles. The molecule has 0 aromatic rings. The van der Waals surface area contributed by atoms with Gasteiger partial charge in [0.2, 0.25) is 11.8 Å². The molecule has 8 nitrogen and oxygen atoms in total. The Labute approximate surface area is 157 Å². The van der Waals surface area contributed by atoms with Gasteiger partial charge in [-0.25, -0.2) is 13.2 Å². The Kier molecular flexibility index (Phi) is 5.69. The van der Waals surface area contributed by atoms with Gasteiger partial charge >= 0.3 is 6.03 Å². The average Bonchev–Trinajstić information content (AvgIpc) is 2.95. The maximum atomic E-state index is 12.4. The molecule has 2 unspecified atom stereocenters. The quantitative estimate of drug-likeness (QED) is 0.654. The van der Waals surface area contributed by atoms with Gasteiger partial charge in [0.15, 0.2) is 9.84 Å². The lowest BCUT2D eigenvalue weighted by Gasteiger charge is -2.28. The van der Waals surface area contributed by atoms with Crippen molar-refractivity contribution in [3.8, 4) is 0 Å². The summed E-state index contributed by atoms with van der Waals surface area (Å²) >= 11 is 0. The lowest BCUT2D eigenvalue weighted by atomic mass is 9.95. The number of unbranched alkanes of at least 4 members (excludes halogenated alkanes) is 2. The van der Waals surface area contributed by atoms with Crippen LogP contribution in [0.25, 0.3) is 0 Å². The van der Waals surface area contributed by atoms with Crippen LogP contribution < -0.4 is 5.32 Å². The van der Waals surface area contributed by atoms with Gasteiger partial charge in [0.25, 0.3) is 0 Å². The third-order valence-electron chi connectivity index (χ3n) is 4.55. The van der Waals surface area contributed by atoms with Crippen LogP contribution in [0.4, 0.5) is 4.79 Å². The molecular weight excluding hydrogens is 370 g/mol. The zero-order chi connectivity index (χ0) is 19.4. The highest BCUT2D eigenvalue weighted by molar-refractivity contribution is 7.94. The molecule has 1 N–H and O–H groups in total. The van der Waals surface area contributed by atoms with E-state index in [0.29, 0.717) is 25.0 Å². The molecule has 0 aromatic carbocycles. The summed E-state index contributed by atoms with van der Waals surface area (Å²) < 4.78 is 22.6. The summed E-state index contributed by atoms with van der Waals surface area (Å²) in [5, 5.41) is 3.79. The summed E-state index contributed by atoms with van der Waals surface area (Å²) in [6.45, 7) is 0.272. The standard InChI is InChI=1S/C18H21N3O5S/c22-16(19-13-9-11-27(25,26)12-13)8-2-1-5-10-21-17(23)14-6-3-4-7-15(14)20-18(21)24/h3-4,6-7,9,11,13-14H,1-2,5,8,10,12H2,(H,19,22). The highest BCUT2D eigenvalue weighted by Gasteiger charge is 2.35. The number of rotatable bonds is 7. The molecule has 0 bridgehead atoms. The van der Waals surface area contributed by atoms with Crippen LogP contribution in [0.15, 0.2) is 40.8 Å². The first-order chi connectivity index (χ1) is 12.9. The van der Waals surface area contributed by atoms with Crippen LogP contribution in [-0.2, 0) is 19.4 Å². The van der Waals surface area contributed by atoms with Gasteiger partial charge in [0, 0.05) is 18.4 Å². The molecule has 0 spiro atoms. The zero-order valence-electron chi connectivity index (χ0n) is 14.7. The number of allylic oxidation sites excluding steroid dienone is 3. The van der Waals surface area contributed by atoms with Gasteiger partial charge in [-0.3, -0.25) is 14.5 Å². The second kappa shape index (κ2) is 7.99. The highest BCUT2D eigenvalue weighted by Crippen LogP contribution is 2.20. The van der Waals surface area contributed by atoms with Gasteiger partial charge in [-0.2, -0.15) is 4.99 Å². The summed E-state index contributed by atoms with van der Waals surface area (Å²) in [7, 11) is -3.19. The van der Waals surface area contributed by atoms with Gasteiger partial charge in [-0.15, -0.1) is 0 Å². The van der Waals surface area contributed by atoms with Crippen LogP contribution in [0.3, 0.4) is 0 Å². The predicted octanol–water partition coefficient (Wildman–Crippen LogP) is 1.12. The number of imide groups is 1. The number of aliphatic imine (C=N–C) groups is 1. The second-order valence-electron chi connectivity index (χ2n) is 6.67. The minimum absolute atomic E-state index is 0.0920. The summed E-state index contributed by atoms with van der Waals surface area (Å²) in [5.41, 5.74) is 0.475. The minimum Gasteiger partial charge on any atom is -0.349 e. The van der Waals surface area contributed by atoms with E-state index in [-0.39, 0.29) is 30.5 Å². The first kappa shape index (κ1) is 19.2. The number of hydrogen-bond donors (Lipinski definition) is 1. The van der Waals surface area contributed by atoms with Crippen LogP contribution in [-0.4, -0.2) is 55.2 Å². The Bertz CT molecular complexity index is 869. The molecule has 4 amide bonds. The maximum absolute atomic E-state index is 12.4. The number of fused-ring (bicyclic) bond motifs is 1. The van der Waals surface area contributed by atoms with E-state index in [2.05, 4.69) is 10.3 Å². The number of sulfone groups is 1. The Balaban J connectivity index is 1.37. The molecule has 2 heterocycles. The monoisotopic (exact) mass is 391 g/mol. The highest BCUT2D eigenvalue weighted by atomic mass is 32.2. The molecule has 1 aliphatic carbocycles. The van der Waals surface area contributed by atoms with E-state index in [1.165, 1.54) is 6.08 Å². The average molecular weight is 391 g/mol. The number of carbonyl (C=O) groups excluding carboxylic acids is 3. The van der Waals surface area contributed by atoms with Crippen LogP contribution in [0, 0.1) is 5.92 Å². The normalized spacial score (nSPS) is 25.5. The van der Waals surface area contributed by atoms with Crippen molar-refractivity contribution in [1.29, 1.82) is 0 Å². The van der Waals surface area contributed by atoms with Crippen molar-refractivity contribution in [2.24, 2.45) is 10.9 Å². The summed E-state index contributed by atoms with van der Waals surface area (Å²) in [5.74, 6) is -1.06. The van der Waals surface area contributed by atoms with Gasteiger partial charge in [0.05, 0.1) is 23.4 Å². The van der Waals surface area contributed by atoms with Crippen molar-refractivity contribution in [2.75, 3.05) is 12.3 Å². The first-order valence-corrected chi connectivity index (χ1v) is 10.6. The van der Waals surface area contributed by atoms with Crippen LogP contribution >= 0.6 is 0 Å². The van der Waals surface area contributed by atoms with Crippen molar-refractivity contribution in [2.45, 2.75) is 31.7 Å². The zero-order valence-corrected chi connectivity index (χ0v) is 15.5. The second-order valence-corrected chi connectivity index (χ2v) is 8.60. The van der Waals surface area contributed by atoms with Gasteiger partial charge in [-0.1, -0.05) is 24.6 Å². The minimum atomic E-state index is -3.19. The van der Waals surface area contributed by atoms with E-state index in [4.69, 9.17) is 0 Å².